The van der Waals surface area contributed by atoms with Crippen molar-refractivity contribution in [2.24, 2.45) is 0 Å². The maximum Gasteiger partial charge on any atom is 0.0952 e. The molecule has 0 aliphatic carbocycles. The molecule has 1 aromatic carbocycles. The van der Waals surface area contributed by atoms with E-state index in [1.54, 1.807) is 23.9 Å². The number of hydrogen-bond donors (Lipinski definition) is 1. The van der Waals surface area contributed by atoms with Gasteiger partial charge in [0.2, 0.25) is 0 Å². The van der Waals surface area contributed by atoms with Crippen LogP contribution in [0.4, 0.5) is 5.69 Å². The molecule has 2 aromatic heterocycles. The highest BCUT2D eigenvalue weighted by Gasteiger charge is 2.02. The van der Waals surface area contributed by atoms with E-state index in [9.17, 15) is 0 Å². The predicted molar refractivity (Wildman–Crippen MR) is 78.3 cm³/mol. The minimum Gasteiger partial charge on any atom is -0.472 e. The summed E-state index contributed by atoms with van der Waals surface area (Å²) in [5.41, 5.74) is 4.43. The number of nitrogens with zero attached hydrogens (tertiary/aromatic N) is 1. The molecule has 0 saturated heterocycles. The molecule has 1 N–H and O–H groups in total. The number of aryl methyl sites for hydroxylation is 1. The lowest BCUT2D eigenvalue weighted by Gasteiger charge is -2.05. The molecule has 0 atom stereocenters. The number of thiazole rings is 1. The Bertz CT molecular complexity index is 641. The summed E-state index contributed by atoms with van der Waals surface area (Å²) >= 11 is 1.67. The zero-order valence-corrected chi connectivity index (χ0v) is 11.4. The summed E-state index contributed by atoms with van der Waals surface area (Å²) < 4.78 is 5.04. The largest absolute Gasteiger partial charge is 0.472 e. The quantitative estimate of drug-likeness (QED) is 0.767. The SMILES string of the molecule is Cc1nc(-c2ccc(NCc3ccoc3)cc2)cs1. The van der Waals surface area contributed by atoms with Gasteiger partial charge in [-0.2, -0.15) is 0 Å². The van der Waals surface area contributed by atoms with Crippen molar-refractivity contribution in [2.45, 2.75) is 13.5 Å². The van der Waals surface area contributed by atoms with Crippen molar-refractivity contribution in [3.05, 3.63) is 58.8 Å². The summed E-state index contributed by atoms with van der Waals surface area (Å²) in [6.45, 7) is 2.79. The lowest BCUT2D eigenvalue weighted by Crippen LogP contribution is -1.97. The van der Waals surface area contributed by atoms with Gasteiger partial charge in [0, 0.05) is 28.7 Å². The Kier molecular flexibility index (Phi) is 3.33. The Labute approximate surface area is 115 Å². The van der Waals surface area contributed by atoms with Crippen molar-refractivity contribution >= 4 is 17.0 Å². The molecule has 3 rings (SSSR count). The fourth-order valence-electron chi connectivity index (χ4n) is 1.85. The van der Waals surface area contributed by atoms with Crippen molar-refractivity contribution in [2.75, 3.05) is 5.32 Å². The summed E-state index contributed by atoms with van der Waals surface area (Å²) in [5, 5.41) is 6.53. The van der Waals surface area contributed by atoms with Gasteiger partial charge in [0.15, 0.2) is 0 Å². The zero-order valence-electron chi connectivity index (χ0n) is 10.6. The minimum absolute atomic E-state index is 0.769. The number of benzene rings is 1. The van der Waals surface area contributed by atoms with E-state index in [1.165, 1.54) is 0 Å². The highest BCUT2D eigenvalue weighted by Crippen LogP contribution is 2.23. The molecule has 0 amide bonds. The maximum absolute atomic E-state index is 5.04. The molecule has 0 radical (unpaired) electrons. The van der Waals surface area contributed by atoms with E-state index in [4.69, 9.17) is 4.42 Å². The van der Waals surface area contributed by atoms with Crippen molar-refractivity contribution in [1.29, 1.82) is 0 Å². The van der Waals surface area contributed by atoms with Crippen LogP contribution in [0, 0.1) is 6.92 Å². The van der Waals surface area contributed by atoms with Crippen LogP contribution in [0.15, 0.2) is 52.7 Å². The normalized spacial score (nSPS) is 10.6. The first-order valence-electron chi connectivity index (χ1n) is 6.09. The first-order valence-corrected chi connectivity index (χ1v) is 6.97. The Morgan fingerprint density at radius 1 is 1.21 bits per heavy atom. The molecule has 96 valence electrons. The molecule has 0 fully saturated rings. The summed E-state index contributed by atoms with van der Waals surface area (Å²) in [5.74, 6) is 0. The third kappa shape index (κ3) is 2.85. The maximum atomic E-state index is 5.04. The number of anilines is 1. The van der Waals surface area contributed by atoms with Gasteiger partial charge in [0.05, 0.1) is 23.2 Å². The molecular weight excluding hydrogens is 256 g/mol. The Balaban J connectivity index is 1.69. The molecule has 0 spiro atoms. The number of furan rings is 1. The van der Waals surface area contributed by atoms with Crippen LogP contribution < -0.4 is 5.32 Å². The smallest absolute Gasteiger partial charge is 0.0952 e. The fraction of sp³-hybridized carbons (Fsp3) is 0.133. The molecular formula is C15H14N2OS. The zero-order chi connectivity index (χ0) is 13.1. The summed E-state index contributed by atoms with van der Waals surface area (Å²) in [6.07, 6.45) is 3.43. The van der Waals surface area contributed by atoms with Gasteiger partial charge < -0.3 is 9.73 Å². The van der Waals surface area contributed by atoms with Crippen LogP contribution in [-0.2, 0) is 6.54 Å². The summed E-state index contributed by atoms with van der Waals surface area (Å²) in [4.78, 5) is 4.48. The third-order valence-electron chi connectivity index (χ3n) is 2.88. The van der Waals surface area contributed by atoms with E-state index in [1.807, 2.05) is 13.0 Å². The van der Waals surface area contributed by atoms with Crippen molar-refractivity contribution in [1.82, 2.24) is 4.98 Å². The molecule has 0 bridgehead atoms. The van der Waals surface area contributed by atoms with Crippen LogP contribution in [0.2, 0.25) is 0 Å². The van der Waals surface area contributed by atoms with Crippen molar-refractivity contribution in [3.8, 4) is 11.3 Å². The standard InChI is InChI=1S/C15H14N2OS/c1-11-17-15(10-19-11)13-2-4-14(5-3-13)16-8-12-6-7-18-9-12/h2-7,9-10,16H,8H2,1H3. The highest BCUT2D eigenvalue weighted by atomic mass is 32.1. The lowest BCUT2D eigenvalue weighted by molar-refractivity contribution is 0.564. The Morgan fingerprint density at radius 3 is 2.68 bits per heavy atom. The first kappa shape index (κ1) is 12.0. The van der Waals surface area contributed by atoms with Gasteiger partial charge in [-0.15, -0.1) is 11.3 Å². The summed E-state index contributed by atoms with van der Waals surface area (Å²) in [6, 6.07) is 10.3. The molecule has 0 aliphatic rings. The number of nitrogens with one attached hydrogen (secondary N) is 1. The monoisotopic (exact) mass is 270 g/mol. The van der Waals surface area contributed by atoms with E-state index < -0.39 is 0 Å². The average Bonchev–Trinajstić information content (AvgIpc) is 3.08. The minimum atomic E-state index is 0.769. The number of hydrogen-bond acceptors (Lipinski definition) is 4. The van der Waals surface area contributed by atoms with Gasteiger partial charge in [-0.25, -0.2) is 4.98 Å². The lowest BCUT2D eigenvalue weighted by atomic mass is 10.1. The van der Waals surface area contributed by atoms with E-state index in [0.29, 0.717) is 0 Å². The van der Waals surface area contributed by atoms with Gasteiger partial charge in [0.1, 0.15) is 0 Å². The van der Waals surface area contributed by atoms with Gasteiger partial charge in [-0.05, 0) is 25.1 Å². The Morgan fingerprint density at radius 2 is 2.05 bits per heavy atom. The van der Waals surface area contributed by atoms with E-state index >= 15 is 0 Å². The molecule has 3 aromatic rings. The third-order valence-corrected chi connectivity index (χ3v) is 3.65. The van der Waals surface area contributed by atoms with Gasteiger partial charge in [-0.1, -0.05) is 12.1 Å². The van der Waals surface area contributed by atoms with E-state index in [0.717, 1.165) is 34.1 Å². The van der Waals surface area contributed by atoms with Crippen LogP contribution in [0.5, 0.6) is 0 Å². The summed E-state index contributed by atoms with van der Waals surface area (Å²) in [7, 11) is 0. The fourth-order valence-corrected chi connectivity index (χ4v) is 2.47. The molecule has 3 nitrogen and oxygen atoms in total. The molecule has 2 heterocycles. The topological polar surface area (TPSA) is 38.1 Å². The van der Waals surface area contributed by atoms with Crippen molar-refractivity contribution < 1.29 is 4.42 Å². The molecule has 0 saturated carbocycles. The van der Waals surface area contributed by atoms with E-state index in [2.05, 4.69) is 39.9 Å². The van der Waals surface area contributed by atoms with Crippen molar-refractivity contribution in [3.63, 3.8) is 0 Å². The molecule has 4 heteroatoms. The molecule has 0 unspecified atom stereocenters. The van der Waals surface area contributed by atoms with Gasteiger partial charge in [-0.3, -0.25) is 0 Å². The van der Waals surface area contributed by atoms with Crippen LogP contribution in [0.1, 0.15) is 10.6 Å². The molecule has 19 heavy (non-hydrogen) atoms. The van der Waals surface area contributed by atoms with Gasteiger partial charge >= 0.3 is 0 Å². The first-order chi connectivity index (χ1) is 9.31. The number of rotatable bonds is 4. The second-order valence-corrected chi connectivity index (χ2v) is 5.38. The Hall–Kier alpha value is -2.07. The van der Waals surface area contributed by atoms with Crippen LogP contribution in [0.25, 0.3) is 11.3 Å². The van der Waals surface area contributed by atoms with Crippen LogP contribution >= 0.6 is 11.3 Å². The number of aromatic nitrogens is 1. The van der Waals surface area contributed by atoms with Crippen LogP contribution in [0.3, 0.4) is 0 Å². The van der Waals surface area contributed by atoms with Gasteiger partial charge in [0.25, 0.3) is 0 Å². The highest BCUT2D eigenvalue weighted by molar-refractivity contribution is 7.09. The average molecular weight is 270 g/mol. The second kappa shape index (κ2) is 5.28. The van der Waals surface area contributed by atoms with E-state index in [-0.39, 0.29) is 0 Å². The molecule has 0 aliphatic heterocycles. The second-order valence-electron chi connectivity index (χ2n) is 4.31. The predicted octanol–water partition coefficient (Wildman–Crippen LogP) is 4.32. The van der Waals surface area contributed by atoms with Crippen LogP contribution in [-0.4, -0.2) is 4.98 Å².